The van der Waals surface area contributed by atoms with E-state index >= 15 is 0 Å². The maximum atomic E-state index is 13.9. The van der Waals surface area contributed by atoms with Crippen LogP contribution in [0.2, 0.25) is 0 Å². The zero-order valence-electron chi connectivity index (χ0n) is 25.9. The Kier molecular flexibility index (Phi) is 9.61. The van der Waals surface area contributed by atoms with Crippen LogP contribution >= 0.6 is 0 Å². The summed E-state index contributed by atoms with van der Waals surface area (Å²) in [4.78, 5) is 54.3. The molecule has 0 aromatic heterocycles. The Hall–Kier alpha value is -5.44. The molecule has 6 rings (SSSR count). The number of carboxylic acids is 1. The number of ether oxygens (including phenoxy) is 1. The second-order valence-corrected chi connectivity index (χ2v) is 12.0. The predicted octanol–water partition coefficient (Wildman–Crippen LogP) is 4.94. The van der Waals surface area contributed by atoms with E-state index in [4.69, 9.17) is 4.74 Å². The highest BCUT2D eigenvalue weighted by Gasteiger charge is 2.38. The molecule has 9 heteroatoms. The van der Waals surface area contributed by atoms with Crippen LogP contribution in [0.15, 0.2) is 109 Å². The number of aliphatic carboxylic acids is 1. The third-order valence-electron chi connectivity index (χ3n) is 8.95. The van der Waals surface area contributed by atoms with Crippen LogP contribution in [0.25, 0.3) is 11.1 Å². The van der Waals surface area contributed by atoms with Crippen LogP contribution in [0.4, 0.5) is 4.79 Å². The quantitative estimate of drug-likeness (QED) is 0.216. The van der Waals surface area contributed by atoms with Crippen molar-refractivity contribution in [1.29, 1.82) is 0 Å². The molecule has 3 atom stereocenters. The van der Waals surface area contributed by atoms with Crippen molar-refractivity contribution < 1.29 is 29.0 Å². The lowest BCUT2D eigenvalue weighted by atomic mass is 9.98. The normalized spacial score (nSPS) is 16.4. The van der Waals surface area contributed by atoms with Gasteiger partial charge in [-0.1, -0.05) is 109 Å². The number of hydrogen-bond acceptors (Lipinski definition) is 5. The summed E-state index contributed by atoms with van der Waals surface area (Å²) in [5.41, 5.74) is 5.98. The van der Waals surface area contributed by atoms with E-state index in [1.54, 1.807) is 0 Å². The molecular formula is C38H37N3O6. The van der Waals surface area contributed by atoms with Crippen molar-refractivity contribution in [3.63, 3.8) is 0 Å². The summed E-state index contributed by atoms with van der Waals surface area (Å²) in [5, 5.41) is 15.3. The average molecular weight is 632 g/mol. The molecule has 4 aromatic rings. The monoisotopic (exact) mass is 631 g/mol. The third kappa shape index (κ3) is 7.19. The molecule has 1 aliphatic carbocycles. The number of nitrogens with one attached hydrogen (secondary N) is 2. The van der Waals surface area contributed by atoms with E-state index in [2.05, 4.69) is 22.8 Å². The van der Waals surface area contributed by atoms with E-state index in [9.17, 15) is 24.3 Å². The highest BCUT2D eigenvalue weighted by molar-refractivity contribution is 5.93. The van der Waals surface area contributed by atoms with Gasteiger partial charge in [0, 0.05) is 25.3 Å². The second kappa shape index (κ2) is 14.3. The molecule has 3 amide bonds. The van der Waals surface area contributed by atoms with Crippen molar-refractivity contribution in [3.8, 4) is 11.1 Å². The fraction of sp³-hybridized carbons (Fsp3) is 0.263. The zero-order valence-corrected chi connectivity index (χ0v) is 25.9. The molecule has 1 fully saturated rings. The van der Waals surface area contributed by atoms with Crippen molar-refractivity contribution in [2.75, 3.05) is 13.2 Å². The lowest BCUT2D eigenvalue weighted by molar-refractivity contribution is -0.149. The lowest BCUT2D eigenvalue weighted by Gasteiger charge is -2.29. The summed E-state index contributed by atoms with van der Waals surface area (Å²) in [6, 6.07) is 31.5. The van der Waals surface area contributed by atoms with Gasteiger partial charge in [0.15, 0.2) is 0 Å². The molecule has 1 aliphatic heterocycles. The van der Waals surface area contributed by atoms with Gasteiger partial charge in [0.1, 0.15) is 24.7 Å². The summed E-state index contributed by atoms with van der Waals surface area (Å²) in [7, 11) is 0. The van der Waals surface area contributed by atoms with E-state index in [1.165, 1.54) is 4.90 Å². The molecule has 0 saturated carbocycles. The standard InChI is InChI=1S/C38H37N3O6/c42-35(39-33(23-26-14-5-2-6-15-26)36(43)41-21-11-20-34(41)37(44)45)32(22-25-12-3-1-4-13-25)40-38(46)47-24-31-29-18-9-7-16-27(29)28-17-8-10-19-30(28)31/h1-10,12-19,31-34H,11,20-24H2,(H,39,42)(H,40,46)(H,44,45)/t32-,33-,34-/m0/s1. The zero-order chi connectivity index (χ0) is 32.8. The maximum Gasteiger partial charge on any atom is 0.407 e. The van der Waals surface area contributed by atoms with Crippen LogP contribution in [0, 0.1) is 0 Å². The van der Waals surface area contributed by atoms with Gasteiger partial charge in [-0.25, -0.2) is 9.59 Å². The number of nitrogens with zero attached hydrogens (tertiary/aromatic N) is 1. The predicted molar refractivity (Wildman–Crippen MR) is 177 cm³/mol. The Morgan fingerprint density at radius 1 is 0.723 bits per heavy atom. The maximum absolute atomic E-state index is 13.9. The van der Waals surface area contributed by atoms with Gasteiger partial charge in [0.2, 0.25) is 11.8 Å². The number of carboxylic acid groups (broad SMARTS) is 1. The smallest absolute Gasteiger partial charge is 0.407 e. The number of likely N-dealkylation sites (tertiary alicyclic amines) is 1. The first-order chi connectivity index (χ1) is 22.9. The van der Waals surface area contributed by atoms with E-state index < -0.39 is 42.0 Å². The Labute approximate surface area is 273 Å². The molecule has 240 valence electrons. The van der Waals surface area contributed by atoms with E-state index in [0.717, 1.165) is 33.4 Å². The van der Waals surface area contributed by atoms with Crippen LogP contribution in [-0.2, 0) is 32.0 Å². The number of carbonyl (C=O) groups excluding carboxylic acids is 3. The Balaban J connectivity index is 1.20. The van der Waals surface area contributed by atoms with Gasteiger partial charge in [-0.15, -0.1) is 0 Å². The molecule has 0 bridgehead atoms. The fourth-order valence-corrected chi connectivity index (χ4v) is 6.65. The molecule has 0 radical (unpaired) electrons. The number of benzene rings is 4. The Morgan fingerprint density at radius 2 is 1.26 bits per heavy atom. The average Bonchev–Trinajstić information content (AvgIpc) is 3.71. The SMILES string of the molecule is O=C(N[C@@H](Cc1ccccc1)C(=O)N[C@@H](Cc1ccccc1)C(=O)N1CCC[C@H]1C(=O)O)OCC1c2ccccc2-c2ccccc21. The minimum absolute atomic E-state index is 0.0835. The van der Waals surface area contributed by atoms with Crippen molar-refractivity contribution >= 4 is 23.9 Å². The van der Waals surface area contributed by atoms with Gasteiger partial charge >= 0.3 is 12.1 Å². The largest absolute Gasteiger partial charge is 0.480 e. The molecule has 3 N–H and O–H groups in total. The summed E-state index contributed by atoms with van der Waals surface area (Å²) in [6.45, 7) is 0.378. The van der Waals surface area contributed by atoms with Crippen molar-refractivity contribution in [1.82, 2.24) is 15.5 Å². The van der Waals surface area contributed by atoms with Gasteiger partial charge in [0.05, 0.1) is 0 Å². The van der Waals surface area contributed by atoms with Crippen molar-refractivity contribution in [3.05, 3.63) is 131 Å². The van der Waals surface area contributed by atoms with Crippen molar-refractivity contribution in [2.45, 2.75) is 49.7 Å². The van der Waals surface area contributed by atoms with Crippen LogP contribution < -0.4 is 10.6 Å². The first-order valence-electron chi connectivity index (χ1n) is 15.9. The van der Waals surface area contributed by atoms with E-state index in [-0.39, 0.29) is 25.4 Å². The molecule has 2 aliphatic rings. The van der Waals surface area contributed by atoms with Crippen LogP contribution in [0.3, 0.4) is 0 Å². The van der Waals surface area contributed by atoms with E-state index in [1.807, 2.05) is 97.1 Å². The fourth-order valence-electron chi connectivity index (χ4n) is 6.65. The topological polar surface area (TPSA) is 125 Å². The number of amides is 3. The molecule has 1 saturated heterocycles. The third-order valence-corrected chi connectivity index (χ3v) is 8.95. The summed E-state index contributed by atoms with van der Waals surface area (Å²) >= 11 is 0. The first-order valence-corrected chi connectivity index (χ1v) is 15.9. The van der Waals surface area contributed by atoms with Gasteiger partial charge in [-0.3, -0.25) is 9.59 Å². The molecule has 9 nitrogen and oxygen atoms in total. The Morgan fingerprint density at radius 3 is 1.83 bits per heavy atom. The van der Waals surface area contributed by atoms with Crippen molar-refractivity contribution in [2.24, 2.45) is 0 Å². The van der Waals surface area contributed by atoms with Gasteiger partial charge in [-0.05, 0) is 46.2 Å². The molecule has 0 unspecified atom stereocenters. The van der Waals surface area contributed by atoms with Gasteiger partial charge in [0.25, 0.3) is 0 Å². The minimum Gasteiger partial charge on any atom is -0.480 e. The highest BCUT2D eigenvalue weighted by Crippen LogP contribution is 2.44. The first kappa shape index (κ1) is 31.5. The number of hydrogen-bond donors (Lipinski definition) is 3. The van der Waals surface area contributed by atoms with E-state index in [0.29, 0.717) is 19.4 Å². The number of fused-ring (bicyclic) bond motifs is 3. The minimum atomic E-state index is -1.07. The van der Waals surface area contributed by atoms with Crippen LogP contribution in [0.1, 0.15) is 41.0 Å². The molecule has 47 heavy (non-hydrogen) atoms. The van der Waals surface area contributed by atoms with Gasteiger partial charge < -0.3 is 25.4 Å². The highest BCUT2D eigenvalue weighted by atomic mass is 16.5. The summed E-state index contributed by atoms with van der Waals surface area (Å²) in [6.07, 6.45) is 0.489. The molecular weight excluding hydrogens is 594 g/mol. The second-order valence-electron chi connectivity index (χ2n) is 12.0. The number of alkyl carbamates (subject to hydrolysis) is 1. The van der Waals surface area contributed by atoms with Gasteiger partial charge in [-0.2, -0.15) is 0 Å². The number of rotatable bonds is 11. The molecule has 0 spiro atoms. The molecule has 4 aromatic carbocycles. The van der Waals surface area contributed by atoms with Crippen LogP contribution in [0.5, 0.6) is 0 Å². The Bertz CT molecular complexity index is 1700. The lowest BCUT2D eigenvalue weighted by Crippen LogP contribution is -2.57. The van der Waals surface area contributed by atoms with Crippen LogP contribution in [-0.4, -0.2) is 65.2 Å². The molecule has 1 heterocycles. The summed E-state index contributed by atoms with van der Waals surface area (Å²) < 4.78 is 5.76. The summed E-state index contributed by atoms with van der Waals surface area (Å²) in [5.74, 6) is -2.25. The number of carbonyl (C=O) groups is 4.